The van der Waals surface area contributed by atoms with Gasteiger partial charge in [0.25, 0.3) is 0 Å². The lowest BCUT2D eigenvalue weighted by Crippen LogP contribution is -2.14. The van der Waals surface area contributed by atoms with Crippen molar-refractivity contribution in [2.24, 2.45) is 0 Å². The molecule has 2 rings (SSSR count). The maximum absolute atomic E-state index is 11.8. The molecule has 1 amide bonds. The van der Waals surface area contributed by atoms with Crippen molar-refractivity contribution >= 4 is 34.7 Å². The monoisotopic (exact) mass is 291 g/mol. The number of nitrogens with one attached hydrogen (secondary N) is 1. The molecule has 0 atom stereocenters. The van der Waals surface area contributed by atoms with Crippen molar-refractivity contribution in [2.75, 3.05) is 11.1 Å². The molecule has 100 valence electrons. The lowest BCUT2D eigenvalue weighted by Gasteiger charge is -2.08. The first-order valence-corrected chi connectivity index (χ1v) is 8.16. The van der Waals surface area contributed by atoms with Gasteiger partial charge in [-0.2, -0.15) is 0 Å². The van der Waals surface area contributed by atoms with E-state index >= 15 is 0 Å². The summed E-state index contributed by atoms with van der Waals surface area (Å²) in [4.78, 5) is 13.2. The summed E-state index contributed by atoms with van der Waals surface area (Å²) >= 11 is 3.38. The third-order valence-corrected chi connectivity index (χ3v) is 4.75. The Hall–Kier alpha value is -1.26. The summed E-state index contributed by atoms with van der Waals surface area (Å²) < 4.78 is 0. The van der Waals surface area contributed by atoms with Crippen LogP contribution < -0.4 is 5.32 Å². The molecular formula is C15H17NOS2. The van der Waals surface area contributed by atoms with E-state index in [0.29, 0.717) is 5.75 Å². The molecule has 0 spiro atoms. The number of carbonyl (C=O) groups is 1. The summed E-state index contributed by atoms with van der Waals surface area (Å²) in [6.07, 6.45) is 0. The number of anilines is 1. The maximum Gasteiger partial charge on any atom is 0.234 e. The number of amides is 1. The van der Waals surface area contributed by atoms with Crippen molar-refractivity contribution in [1.29, 1.82) is 0 Å². The number of aryl methyl sites for hydroxylation is 2. The summed E-state index contributed by atoms with van der Waals surface area (Å²) in [7, 11) is 0. The highest BCUT2D eigenvalue weighted by atomic mass is 32.2. The van der Waals surface area contributed by atoms with Crippen LogP contribution >= 0.6 is 23.1 Å². The zero-order valence-corrected chi connectivity index (χ0v) is 12.7. The molecule has 2 aromatic rings. The van der Waals surface area contributed by atoms with Gasteiger partial charge in [-0.15, -0.1) is 23.1 Å². The van der Waals surface area contributed by atoms with Crippen molar-refractivity contribution in [3.8, 4) is 0 Å². The molecule has 0 saturated heterocycles. The molecular weight excluding hydrogens is 274 g/mol. The average Bonchev–Trinajstić information content (AvgIpc) is 2.86. The van der Waals surface area contributed by atoms with Crippen molar-refractivity contribution in [1.82, 2.24) is 0 Å². The molecule has 0 aliphatic rings. The molecule has 0 unspecified atom stereocenters. The predicted octanol–water partition coefficient (Wildman–Crippen LogP) is 4.24. The van der Waals surface area contributed by atoms with Gasteiger partial charge in [-0.25, -0.2) is 0 Å². The Morgan fingerprint density at radius 2 is 2.16 bits per heavy atom. The van der Waals surface area contributed by atoms with Crippen LogP contribution in [0.3, 0.4) is 0 Å². The molecule has 4 heteroatoms. The van der Waals surface area contributed by atoms with Gasteiger partial charge < -0.3 is 5.32 Å². The van der Waals surface area contributed by atoms with E-state index in [2.05, 4.69) is 29.8 Å². The Balaban J connectivity index is 1.80. The van der Waals surface area contributed by atoms with Crippen LogP contribution in [0, 0.1) is 13.8 Å². The number of thiophene rings is 1. The number of benzene rings is 1. The van der Waals surface area contributed by atoms with Crippen molar-refractivity contribution in [2.45, 2.75) is 19.6 Å². The van der Waals surface area contributed by atoms with Gasteiger partial charge in [0, 0.05) is 16.3 Å². The van der Waals surface area contributed by atoms with E-state index in [9.17, 15) is 4.79 Å². The molecule has 0 radical (unpaired) electrons. The Morgan fingerprint density at radius 1 is 1.32 bits per heavy atom. The summed E-state index contributed by atoms with van der Waals surface area (Å²) in [5, 5.41) is 5.02. The van der Waals surface area contributed by atoms with E-state index in [1.807, 2.05) is 25.1 Å². The fourth-order valence-corrected chi connectivity index (χ4v) is 3.45. The number of carbonyl (C=O) groups excluding carboxylic acids is 1. The average molecular weight is 291 g/mol. The van der Waals surface area contributed by atoms with Crippen molar-refractivity contribution in [3.05, 3.63) is 51.7 Å². The van der Waals surface area contributed by atoms with E-state index in [4.69, 9.17) is 0 Å². The number of hydrogen-bond acceptors (Lipinski definition) is 3. The van der Waals surface area contributed by atoms with E-state index in [0.717, 1.165) is 17.0 Å². The van der Waals surface area contributed by atoms with Crippen molar-refractivity contribution < 1.29 is 4.79 Å². The number of rotatable bonds is 5. The molecule has 0 aliphatic heterocycles. The number of hydrogen-bond donors (Lipinski definition) is 1. The molecule has 0 saturated carbocycles. The normalized spacial score (nSPS) is 10.4. The third-order valence-electron chi connectivity index (χ3n) is 2.71. The highest BCUT2D eigenvalue weighted by Gasteiger charge is 2.05. The zero-order valence-electron chi connectivity index (χ0n) is 11.1. The van der Waals surface area contributed by atoms with Crippen LogP contribution in [0.4, 0.5) is 5.69 Å². The van der Waals surface area contributed by atoms with Gasteiger partial charge in [-0.05, 0) is 36.9 Å². The Labute approximate surface area is 122 Å². The Bertz CT molecular complexity index is 549. The van der Waals surface area contributed by atoms with Crippen LogP contribution in [-0.4, -0.2) is 11.7 Å². The molecule has 0 aliphatic carbocycles. The van der Waals surface area contributed by atoms with Gasteiger partial charge in [-0.1, -0.05) is 23.8 Å². The molecule has 1 aromatic heterocycles. The lowest BCUT2D eigenvalue weighted by atomic mass is 10.1. The van der Waals surface area contributed by atoms with Crippen LogP contribution in [0.15, 0.2) is 35.7 Å². The second-order valence-corrected chi connectivity index (χ2v) is 6.46. The molecule has 0 bridgehead atoms. The van der Waals surface area contributed by atoms with Crippen LogP contribution in [0.1, 0.15) is 16.0 Å². The molecule has 19 heavy (non-hydrogen) atoms. The van der Waals surface area contributed by atoms with Gasteiger partial charge in [0.1, 0.15) is 0 Å². The summed E-state index contributed by atoms with van der Waals surface area (Å²) in [6.45, 7) is 4.07. The van der Waals surface area contributed by atoms with Crippen LogP contribution in [0.2, 0.25) is 0 Å². The largest absolute Gasteiger partial charge is 0.325 e. The SMILES string of the molecule is Cc1ccc(NC(=O)CSCc2cccs2)c(C)c1. The summed E-state index contributed by atoms with van der Waals surface area (Å²) in [6, 6.07) is 10.2. The summed E-state index contributed by atoms with van der Waals surface area (Å²) in [5.41, 5.74) is 3.23. The minimum atomic E-state index is 0.0634. The minimum Gasteiger partial charge on any atom is -0.325 e. The molecule has 0 fully saturated rings. The first-order valence-electron chi connectivity index (χ1n) is 6.12. The second-order valence-electron chi connectivity index (χ2n) is 4.44. The second kappa shape index (κ2) is 6.78. The van der Waals surface area contributed by atoms with E-state index < -0.39 is 0 Å². The standard InChI is InChI=1S/C15H17NOS2/c1-11-5-6-14(12(2)8-11)16-15(17)10-18-9-13-4-3-7-19-13/h3-8H,9-10H2,1-2H3,(H,16,17). The van der Waals surface area contributed by atoms with Crippen LogP contribution in [0.25, 0.3) is 0 Å². The first-order chi connectivity index (χ1) is 9.15. The van der Waals surface area contributed by atoms with Gasteiger partial charge in [-0.3, -0.25) is 4.79 Å². The Kier molecular flexibility index (Phi) is 5.05. The first kappa shape index (κ1) is 14.2. The van der Waals surface area contributed by atoms with Crippen LogP contribution in [-0.2, 0) is 10.5 Å². The molecule has 2 nitrogen and oxygen atoms in total. The quantitative estimate of drug-likeness (QED) is 0.893. The smallest absolute Gasteiger partial charge is 0.234 e. The maximum atomic E-state index is 11.8. The topological polar surface area (TPSA) is 29.1 Å². The third kappa shape index (κ3) is 4.40. The van der Waals surface area contributed by atoms with Gasteiger partial charge in [0.15, 0.2) is 0 Å². The van der Waals surface area contributed by atoms with E-state index in [1.54, 1.807) is 23.1 Å². The summed E-state index contributed by atoms with van der Waals surface area (Å²) in [5.74, 6) is 1.46. The van der Waals surface area contributed by atoms with Crippen LogP contribution in [0.5, 0.6) is 0 Å². The van der Waals surface area contributed by atoms with E-state index in [1.165, 1.54) is 10.4 Å². The van der Waals surface area contributed by atoms with E-state index in [-0.39, 0.29) is 5.91 Å². The Morgan fingerprint density at radius 3 is 2.84 bits per heavy atom. The predicted molar refractivity (Wildman–Crippen MR) is 85.0 cm³/mol. The highest BCUT2D eigenvalue weighted by molar-refractivity contribution is 7.99. The molecule has 1 aromatic carbocycles. The minimum absolute atomic E-state index is 0.0634. The fourth-order valence-electron chi connectivity index (χ4n) is 1.78. The van der Waals surface area contributed by atoms with Crippen molar-refractivity contribution in [3.63, 3.8) is 0 Å². The number of thioether (sulfide) groups is 1. The molecule has 1 N–H and O–H groups in total. The highest BCUT2D eigenvalue weighted by Crippen LogP contribution is 2.19. The van der Waals surface area contributed by atoms with Gasteiger partial charge in [0.2, 0.25) is 5.91 Å². The van der Waals surface area contributed by atoms with Gasteiger partial charge >= 0.3 is 0 Å². The zero-order chi connectivity index (χ0) is 13.7. The molecule has 1 heterocycles. The lowest BCUT2D eigenvalue weighted by molar-refractivity contribution is -0.113. The fraction of sp³-hybridized carbons (Fsp3) is 0.267. The van der Waals surface area contributed by atoms with Gasteiger partial charge in [0.05, 0.1) is 5.75 Å².